The second-order valence-corrected chi connectivity index (χ2v) is 7.08. The van der Waals surface area contributed by atoms with E-state index in [1.165, 1.54) is 12.1 Å². The Labute approximate surface area is 186 Å². The number of hydrogen-bond acceptors (Lipinski definition) is 5. The third-order valence-corrected chi connectivity index (χ3v) is 5.20. The molecule has 160 valence electrons. The van der Waals surface area contributed by atoms with Crippen molar-refractivity contribution in [3.63, 3.8) is 0 Å². The fourth-order valence-corrected chi connectivity index (χ4v) is 3.49. The lowest BCUT2D eigenvalue weighted by Crippen LogP contribution is -2.09. The molecule has 0 aromatic heterocycles. The average Bonchev–Trinajstić information content (AvgIpc) is 2.85. The van der Waals surface area contributed by atoms with Gasteiger partial charge in [0.05, 0.1) is 19.1 Å². The molecule has 6 nitrogen and oxygen atoms in total. The predicted molar refractivity (Wildman–Crippen MR) is 126 cm³/mol. The number of nitrogens with zero attached hydrogens (tertiary/aromatic N) is 2. The Morgan fingerprint density at radius 1 is 0.594 bits per heavy atom. The first-order chi connectivity index (χ1) is 15.6. The van der Waals surface area contributed by atoms with Crippen LogP contribution in [-0.2, 0) is 0 Å². The number of anilines is 3. The summed E-state index contributed by atoms with van der Waals surface area (Å²) in [6.07, 6.45) is 0. The fourth-order valence-electron chi connectivity index (χ4n) is 3.49. The van der Waals surface area contributed by atoms with Gasteiger partial charge in [-0.2, -0.15) is 0 Å². The van der Waals surface area contributed by atoms with Crippen LogP contribution in [0.5, 0.6) is 11.5 Å². The highest BCUT2D eigenvalue weighted by atomic mass is 16.6. The van der Waals surface area contributed by atoms with Gasteiger partial charge < -0.3 is 14.4 Å². The van der Waals surface area contributed by atoms with Gasteiger partial charge in [0.15, 0.2) is 0 Å². The van der Waals surface area contributed by atoms with E-state index < -0.39 is 4.92 Å². The van der Waals surface area contributed by atoms with E-state index >= 15 is 0 Å². The number of methoxy groups -OCH3 is 2. The summed E-state index contributed by atoms with van der Waals surface area (Å²) in [5.74, 6) is 1.58. The second kappa shape index (κ2) is 9.22. The monoisotopic (exact) mass is 426 g/mol. The van der Waals surface area contributed by atoms with Crippen LogP contribution in [0.3, 0.4) is 0 Å². The summed E-state index contributed by atoms with van der Waals surface area (Å²) >= 11 is 0. The standard InChI is InChI=1S/C26H22N2O4/c1-31-25-15-11-22(12-16-25)27(23-13-17-26(32-2)18-14-23)21-7-3-19(4-8-21)20-5-9-24(10-6-20)28(29)30/h3-18H,1-2H3. The molecule has 0 bridgehead atoms. The van der Waals surface area contributed by atoms with Crippen LogP contribution in [-0.4, -0.2) is 19.1 Å². The van der Waals surface area contributed by atoms with E-state index in [1.807, 2.05) is 72.8 Å². The zero-order valence-corrected chi connectivity index (χ0v) is 17.8. The Bertz CT molecular complexity index is 1140. The minimum atomic E-state index is -0.394. The number of rotatable bonds is 7. The summed E-state index contributed by atoms with van der Waals surface area (Å²) < 4.78 is 10.6. The number of hydrogen-bond donors (Lipinski definition) is 0. The summed E-state index contributed by atoms with van der Waals surface area (Å²) in [4.78, 5) is 12.6. The van der Waals surface area contributed by atoms with E-state index in [9.17, 15) is 10.1 Å². The van der Waals surface area contributed by atoms with Crippen molar-refractivity contribution in [3.05, 3.63) is 107 Å². The molecule has 0 N–H and O–H groups in total. The minimum absolute atomic E-state index is 0.0792. The summed E-state index contributed by atoms with van der Waals surface area (Å²) in [6, 6.07) is 30.4. The first kappa shape index (κ1) is 20.9. The zero-order valence-electron chi connectivity index (χ0n) is 17.8. The largest absolute Gasteiger partial charge is 0.497 e. The van der Waals surface area contributed by atoms with Crippen molar-refractivity contribution >= 4 is 22.7 Å². The van der Waals surface area contributed by atoms with Crippen molar-refractivity contribution in [2.75, 3.05) is 19.1 Å². The van der Waals surface area contributed by atoms with Crippen LogP contribution in [0.2, 0.25) is 0 Å². The predicted octanol–water partition coefficient (Wildman–Crippen LogP) is 6.75. The van der Waals surface area contributed by atoms with Gasteiger partial charge in [0.2, 0.25) is 0 Å². The maximum Gasteiger partial charge on any atom is 0.269 e. The van der Waals surface area contributed by atoms with E-state index in [1.54, 1.807) is 26.4 Å². The highest BCUT2D eigenvalue weighted by molar-refractivity contribution is 5.78. The number of nitro benzene ring substituents is 1. The molecule has 0 atom stereocenters. The van der Waals surface area contributed by atoms with Gasteiger partial charge in [-0.05, 0) is 83.9 Å². The Hall–Kier alpha value is -4.32. The summed E-state index contributed by atoms with van der Waals surface area (Å²) in [5.41, 5.74) is 4.93. The first-order valence-electron chi connectivity index (χ1n) is 10.0. The number of benzene rings is 4. The summed E-state index contributed by atoms with van der Waals surface area (Å²) in [5, 5.41) is 10.9. The van der Waals surface area contributed by atoms with E-state index in [2.05, 4.69) is 4.90 Å². The Morgan fingerprint density at radius 3 is 1.28 bits per heavy atom. The number of nitro groups is 1. The highest BCUT2D eigenvalue weighted by Crippen LogP contribution is 2.37. The highest BCUT2D eigenvalue weighted by Gasteiger charge is 2.13. The van der Waals surface area contributed by atoms with Gasteiger partial charge >= 0.3 is 0 Å². The molecule has 32 heavy (non-hydrogen) atoms. The van der Waals surface area contributed by atoms with Crippen molar-refractivity contribution in [2.24, 2.45) is 0 Å². The molecule has 4 aromatic rings. The molecule has 0 radical (unpaired) electrons. The van der Waals surface area contributed by atoms with Gasteiger partial charge in [0.1, 0.15) is 11.5 Å². The molecule has 6 heteroatoms. The van der Waals surface area contributed by atoms with Crippen molar-refractivity contribution in [1.29, 1.82) is 0 Å². The average molecular weight is 426 g/mol. The molecule has 0 aliphatic rings. The van der Waals surface area contributed by atoms with Gasteiger partial charge in [0, 0.05) is 29.2 Å². The molecule has 0 heterocycles. The van der Waals surface area contributed by atoms with Gasteiger partial charge in [-0.25, -0.2) is 0 Å². The smallest absolute Gasteiger partial charge is 0.269 e. The molecular weight excluding hydrogens is 404 g/mol. The van der Waals surface area contributed by atoms with Crippen molar-refractivity contribution in [1.82, 2.24) is 0 Å². The maximum absolute atomic E-state index is 10.9. The summed E-state index contributed by atoms with van der Waals surface area (Å²) in [7, 11) is 3.29. The quantitative estimate of drug-likeness (QED) is 0.242. The van der Waals surface area contributed by atoms with Gasteiger partial charge in [-0.3, -0.25) is 10.1 Å². The number of non-ortho nitro benzene ring substituents is 1. The molecule has 0 saturated heterocycles. The van der Waals surface area contributed by atoms with E-state index in [4.69, 9.17) is 9.47 Å². The van der Waals surface area contributed by atoms with Crippen LogP contribution < -0.4 is 14.4 Å². The molecular formula is C26H22N2O4. The van der Waals surface area contributed by atoms with Gasteiger partial charge in [-0.15, -0.1) is 0 Å². The molecule has 4 rings (SSSR count). The topological polar surface area (TPSA) is 64.8 Å². The van der Waals surface area contributed by atoms with E-state index in [-0.39, 0.29) is 5.69 Å². The molecule has 0 spiro atoms. The van der Waals surface area contributed by atoms with E-state index in [0.29, 0.717) is 0 Å². The van der Waals surface area contributed by atoms with Crippen molar-refractivity contribution in [3.8, 4) is 22.6 Å². The van der Waals surface area contributed by atoms with Crippen molar-refractivity contribution in [2.45, 2.75) is 0 Å². The van der Waals surface area contributed by atoms with Crippen LogP contribution in [0.15, 0.2) is 97.1 Å². The molecule has 0 aliphatic carbocycles. The lowest BCUT2D eigenvalue weighted by atomic mass is 10.0. The summed E-state index contributed by atoms with van der Waals surface area (Å²) in [6.45, 7) is 0. The lowest BCUT2D eigenvalue weighted by molar-refractivity contribution is -0.384. The Kier molecular flexibility index (Phi) is 6.03. The second-order valence-electron chi connectivity index (χ2n) is 7.08. The number of ether oxygens (including phenoxy) is 2. The van der Waals surface area contributed by atoms with Gasteiger partial charge in [0.25, 0.3) is 5.69 Å². The lowest BCUT2D eigenvalue weighted by Gasteiger charge is -2.26. The third kappa shape index (κ3) is 4.39. The van der Waals surface area contributed by atoms with Crippen LogP contribution >= 0.6 is 0 Å². The van der Waals surface area contributed by atoms with Crippen molar-refractivity contribution < 1.29 is 14.4 Å². The molecule has 0 aliphatic heterocycles. The van der Waals surface area contributed by atoms with Gasteiger partial charge in [-0.1, -0.05) is 12.1 Å². The van der Waals surface area contributed by atoms with Crippen LogP contribution in [0.25, 0.3) is 11.1 Å². The maximum atomic E-state index is 10.9. The first-order valence-corrected chi connectivity index (χ1v) is 10.0. The molecule has 0 saturated carbocycles. The molecule has 4 aromatic carbocycles. The van der Waals surface area contributed by atoms with Crippen LogP contribution in [0.4, 0.5) is 22.7 Å². The zero-order chi connectivity index (χ0) is 22.5. The van der Waals surface area contributed by atoms with Crippen LogP contribution in [0, 0.1) is 10.1 Å². The minimum Gasteiger partial charge on any atom is -0.497 e. The Balaban J connectivity index is 1.70. The third-order valence-electron chi connectivity index (χ3n) is 5.20. The molecule has 0 unspecified atom stereocenters. The molecule has 0 fully saturated rings. The SMILES string of the molecule is COc1ccc(N(c2ccc(OC)cc2)c2ccc(-c3ccc([N+](=O)[O-])cc3)cc2)cc1. The van der Waals surface area contributed by atoms with Crippen LogP contribution in [0.1, 0.15) is 0 Å². The normalized spacial score (nSPS) is 10.4. The molecule has 0 amide bonds. The van der Waals surface area contributed by atoms with E-state index in [0.717, 1.165) is 39.7 Å². The fraction of sp³-hybridized carbons (Fsp3) is 0.0769. The Morgan fingerprint density at radius 2 is 0.938 bits per heavy atom.